The van der Waals surface area contributed by atoms with Crippen LogP contribution in [0.4, 0.5) is 5.13 Å². The molecule has 1 unspecified atom stereocenters. The minimum absolute atomic E-state index is 0.0282. The zero-order valence-corrected chi connectivity index (χ0v) is 20.2. The molecule has 0 aliphatic carbocycles. The number of nitrogens with zero attached hydrogens (tertiary/aromatic N) is 2. The number of aromatic nitrogens is 1. The molecule has 1 aromatic heterocycles. The summed E-state index contributed by atoms with van der Waals surface area (Å²) in [5.74, 6) is -0.244. The average molecular weight is 491 g/mol. The highest BCUT2D eigenvalue weighted by molar-refractivity contribution is 7.22. The zero-order valence-electron chi connectivity index (χ0n) is 18.7. The quantitative estimate of drug-likeness (QED) is 0.297. The number of hydrogen-bond donors (Lipinski definition) is 0. The Labute approximate surface area is 207 Å². The van der Waals surface area contributed by atoms with Gasteiger partial charge in [0.25, 0.3) is 5.91 Å². The summed E-state index contributed by atoms with van der Waals surface area (Å²) >= 11 is 7.69. The SMILES string of the molecule is Cc1cc(Cl)cc2sc(N(CC3CCCO3)C(=O)c3ccc(C(=O)c4ccccc4)cc3)nc12. The van der Waals surface area contributed by atoms with Crippen molar-refractivity contribution < 1.29 is 14.3 Å². The Bertz CT molecular complexity index is 1350. The smallest absolute Gasteiger partial charge is 0.260 e. The predicted molar refractivity (Wildman–Crippen MR) is 136 cm³/mol. The molecule has 1 fully saturated rings. The van der Waals surface area contributed by atoms with Gasteiger partial charge in [0.15, 0.2) is 10.9 Å². The molecule has 1 amide bonds. The second-order valence-corrected chi connectivity index (χ2v) is 9.83. The number of carbonyl (C=O) groups excluding carboxylic acids is 2. The van der Waals surface area contributed by atoms with Gasteiger partial charge in [-0.1, -0.05) is 65.4 Å². The number of ketones is 1. The van der Waals surface area contributed by atoms with Crippen LogP contribution < -0.4 is 4.90 Å². The second-order valence-electron chi connectivity index (χ2n) is 8.39. The average Bonchev–Trinajstić information content (AvgIpc) is 3.52. The van der Waals surface area contributed by atoms with E-state index in [-0.39, 0.29) is 17.8 Å². The Morgan fingerprint density at radius 3 is 2.47 bits per heavy atom. The van der Waals surface area contributed by atoms with E-state index >= 15 is 0 Å². The number of rotatable bonds is 6. The van der Waals surface area contributed by atoms with Crippen molar-refractivity contribution in [2.75, 3.05) is 18.1 Å². The van der Waals surface area contributed by atoms with Crippen LogP contribution in [0.2, 0.25) is 5.02 Å². The maximum atomic E-state index is 13.6. The van der Waals surface area contributed by atoms with E-state index in [1.807, 2.05) is 37.3 Å². The van der Waals surface area contributed by atoms with Crippen LogP contribution in [-0.2, 0) is 4.74 Å². The van der Waals surface area contributed by atoms with Gasteiger partial charge in [0.1, 0.15) is 0 Å². The van der Waals surface area contributed by atoms with E-state index in [9.17, 15) is 9.59 Å². The number of fused-ring (bicyclic) bond motifs is 1. The van der Waals surface area contributed by atoms with Crippen molar-refractivity contribution in [3.05, 3.63) is 94.0 Å². The third kappa shape index (κ3) is 4.62. The van der Waals surface area contributed by atoms with E-state index in [1.54, 1.807) is 41.3 Å². The zero-order chi connectivity index (χ0) is 23.7. The lowest BCUT2D eigenvalue weighted by molar-refractivity contribution is 0.0917. The summed E-state index contributed by atoms with van der Waals surface area (Å²) in [7, 11) is 0. The topological polar surface area (TPSA) is 59.5 Å². The Kier molecular flexibility index (Phi) is 6.46. The minimum Gasteiger partial charge on any atom is -0.376 e. The van der Waals surface area contributed by atoms with E-state index in [1.165, 1.54) is 11.3 Å². The van der Waals surface area contributed by atoms with Gasteiger partial charge in [0.05, 0.1) is 22.9 Å². The van der Waals surface area contributed by atoms with Gasteiger partial charge in [0, 0.05) is 28.3 Å². The minimum atomic E-state index is -0.169. The molecule has 2 heterocycles. The number of anilines is 1. The molecule has 34 heavy (non-hydrogen) atoms. The van der Waals surface area contributed by atoms with Gasteiger partial charge < -0.3 is 4.74 Å². The summed E-state index contributed by atoms with van der Waals surface area (Å²) < 4.78 is 6.76. The lowest BCUT2D eigenvalue weighted by Crippen LogP contribution is -2.37. The van der Waals surface area contributed by atoms with Crippen LogP contribution in [0.5, 0.6) is 0 Å². The summed E-state index contributed by atoms with van der Waals surface area (Å²) in [6, 6.07) is 19.7. The molecule has 172 valence electrons. The largest absolute Gasteiger partial charge is 0.376 e. The predicted octanol–water partition coefficient (Wildman–Crippen LogP) is 6.31. The first-order valence-electron chi connectivity index (χ1n) is 11.2. The van der Waals surface area contributed by atoms with Crippen LogP contribution in [0.1, 0.15) is 44.7 Å². The van der Waals surface area contributed by atoms with Gasteiger partial charge in [-0.15, -0.1) is 0 Å². The number of hydrogen-bond acceptors (Lipinski definition) is 5. The molecule has 5 rings (SSSR count). The number of carbonyl (C=O) groups is 2. The number of thiazole rings is 1. The first-order valence-corrected chi connectivity index (χ1v) is 12.4. The van der Waals surface area contributed by atoms with Crippen LogP contribution >= 0.6 is 22.9 Å². The fourth-order valence-electron chi connectivity index (χ4n) is 4.17. The molecule has 0 bridgehead atoms. The molecule has 7 heteroatoms. The number of aryl methyl sites for hydroxylation is 1. The van der Waals surface area contributed by atoms with Gasteiger partial charge in [-0.05, 0) is 49.6 Å². The Hall–Kier alpha value is -3.06. The molecule has 3 aromatic carbocycles. The number of ether oxygens (including phenoxy) is 1. The normalized spacial score (nSPS) is 15.5. The van der Waals surface area contributed by atoms with Gasteiger partial charge in [-0.25, -0.2) is 4.98 Å². The van der Waals surface area contributed by atoms with Crippen LogP contribution in [0.15, 0.2) is 66.7 Å². The van der Waals surface area contributed by atoms with E-state index in [4.69, 9.17) is 21.3 Å². The summed E-state index contributed by atoms with van der Waals surface area (Å²) in [6.07, 6.45) is 1.86. The number of halogens is 1. The fraction of sp³-hybridized carbons (Fsp3) is 0.222. The highest BCUT2D eigenvalue weighted by atomic mass is 35.5. The molecular weight excluding hydrogens is 468 g/mol. The Morgan fingerprint density at radius 2 is 1.76 bits per heavy atom. The summed E-state index contributed by atoms with van der Waals surface area (Å²) in [5.41, 5.74) is 3.47. The lowest BCUT2D eigenvalue weighted by Gasteiger charge is -2.23. The maximum Gasteiger partial charge on any atom is 0.260 e. The van der Waals surface area contributed by atoms with Crippen molar-refractivity contribution >= 4 is 50.0 Å². The van der Waals surface area contributed by atoms with Gasteiger partial charge in [0.2, 0.25) is 0 Å². The van der Waals surface area contributed by atoms with Crippen LogP contribution in [-0.4, -0.2) is 35.9 Å². The lowest BCUT2D eigenvalue weighted by atomic mass is 10.0. The van der Waals surface area contributed by atoms with Gasteiger partial charge >= 0.3 is 0 Å². The molecular formula is C27H23ClN2O3S. The molecule has 0 N–H and O–H groups in total. The third-order valence-corrected chi connectivity index (χ3v) is 7.20. The number of benzene rings is 3. The molecule has 0 spiro atoms. The van der Waals surface area contributed by atoms with Crippen molar-refractivity contribution in [2.24, 2.45) is 0 Å². The molecule has 0 saturated carbocycles. The summed E-state index contributed by atoms with van der Waals surface area (Å²) in [4.78, 5) is 32.9. The van der Waals surface area contributed by atoms with Crippen LogP contribution in [0.3, 0.4) is 0 Å². The van der Waals surface area contributed by atoms with Crippen molar-refractivity contribution in [1.82, 2.24) is 4.98 Å². The van der Waals surface area contributed by atoms with Crippen molar-refractivity contribution in [3.8, 4) is 0 Å². The fourth-order valence-corrected chi connectivity index (χ4v) is 5.60. The van der Waals surface area contributed by atoms with E-state index in [0.717, 1.165) is 28.6 Å². The molecule has 1 aliphatic rings. The molecule has 1 saturated heterocycles. The second kappa shape index (κ2) is 9.66. The molecule has 5 nitrogen and oxygen atoms in total. The first kappa shape index (κ1) is 22.7. The highest BCUT2D eigenvalue weighted by Crippen LogP contribution is 2.34. The first-order chi connectivity index (χ1) is 16.5. The Balaban J connectivity index is 1.46. The van der Waals surface area contributed by atoms with E-state index in [0.29, 0.717) is 40.0 Å². The van der Waals surface area contributed by atoms with Gasteiger partial charge in [-0.2, -0.15) is 0 Å². The van der Waals surface area contributed by atoms with Gasteiger partial charge in [-0.3, -0.25) is 14.5 Å². The molecule has 4 aromatic rings. The van der Waals surface area contributed by atoms with Crippen molar-refractivity contribution in [1.29, 1.82) is 0 Å². The molecule has 1 aliphatic heterocycles. The number of amides is 1. The monoisotopic (exact) mass is 490 g/mol. The van der Waals surface area contributed by atoms with Crippen molar-refractivity contribution in [2.45, 2.75) is 25.9 Å². The van der Waals surface area contributed by atoms with Crippen molar-refractivity contribution in [3.63, 3.8) is 0 Å². The van der Waals surface area contributed by atoms with Crippen LogP contribution in [0, 0.1) is 6.92 Å². The third-order valence-electron chi connectivity index (χ3n) is 5.96. The molecule has 1 atom stereocenters. The highest BCUT2D eigenvalue weighted by Gasteiger charge is 2.27. The van der Waals surface area contributed by atoms with E-state index in [2.05, 4.69) is 0 Å². The summed E-state index contributed by atoms with van der Waals surface area (Å²) in [5, 5.41) is 1.26. The Morgan fingerprint density at radius 1 is 1.06 bits per heavy atom. The summed E-state index contributed by atoms with van der Waals surface area (Å²) in [6.45, 7) is 3.10. The standard InChI is InChI=1S/C27H23ClN2O3S/c1-17-14-21(28)15-23-24(17)29-27(34-23)30(16-22-8-5-13-33-22)26(32)20-11-9-19(10-12-20)25(31)18-6-3-2-4-7-18/h2-4,6-7,9-12,14-15,22H,5,8,13,16H2,1H3. The molecule has 0 radical (unpaired) electrons. The maximum absolute atomic E-state index is 13.6. The van der Waals surface area contributed by atoms with Crippen LogP contribution in [0.25, 0.3) is 10.2 Å². The van der Waals surface area contributed by atoms with E-state index < -0.39 is 0 Å².